The molecular formula is C15H17ClN2O2. The fourth-order valence-electron chi connectivity index (χ4n) is 2.09. The van der Waals surface area contributed by atoms with Crippen LogP contribution in [-0.4, -0.2) is 22.4 Å². The largest absolute Gasteiger partial charge is 0.462 e. The van der Waals surface area contributed by atoms with E-state index in [1.54, 1.807) is 23.9 Å². The number of nitrogens with zero attached hydrogens (tertiary/aromatic N) is 2. The Hall–Kier alpha value is -1.81. The fourth-order valence-corrected chi connectivity index (χ4v) is 2.28. The summed E-state index contributed by atoms with van der Waals surface area (Å²) < 4.78 is 6.81. The van der Waals surface area contributed by atoms with Crippen molar-refractivity contribution >= 4 is 17.6 Å². The zero-order valence-corrected chi connectivity index (χ0v) is 12.5. The maximum atomic E-state index is 12.0. The number of rotatable bonds is 4. The van der Waals surface area contributed by atoms with E-state index in [-0.39, 0.29) is 11.9 Å². The molecule has 0 bridgehead atoms. The van der Waals surface area contributed by atoms with Gasteiger partial charge in [0.25, 0.3) is 0 Å². The number of hydrogen-bond acceptors (Lipinski definition) is 3. The van der Waals surface area contributed by atoms with Crippen molar-refractivity contribution in [2.45, 2.75) is 26.7 Å². The van der Waals surface area contributed by atoms with Crippen LogP contribution in [0.1, 0.15) is 42.7 Å². The number of ether oxygens (including phenoxy) is 1. The third-order valence-corrected chi connectivity index (χ3v) is 3.14. The van der Waals surface area contributed by atoms with Crippen LogP contribution in [0.5, 0.6) is 0 Å². The number of halogens is 1. The Morgan fingerprint density at radius 2 is 2.20 bits per heavy atom. The van der Waals surface area contributed by atoms with Gasteiger partial charge >= 0.3 is 5.97 Å². The summed E-state index contributed by atoms with van der Waals surface area (Å²) in [5, 5.41) is 4.94. The van der Waals surface area contributed by atoms with Crippen LogP contribution < -0.4 is 0 Å². The predicted molar refractivity (Wildman–Crippen MR) is 78.6 cm³/mol. The van der Waals surface area contributed by atoms with Gasteiger partial charge in [-0.1, -0.05) is 31.5 Å². The smallest absolute Gasteiger partial charge is 0.341 e. The normalized spacial score (nSPS) is 10.8. The maximum absolute atomic E-state index is 12.0. The molecule has 1 aromatic carbocycles. The molecule has 0 radical (unpaired) electrons. The summed E-state index contributed by atoms with van der Waals surface area (Å²) in [5.41, 5.74) is 2.16. The molecule has 0 aliphatic rings. The second kappa shape index (κ2) is 6.09. The van der Waals surface area contributed by atoms with Crippen LogP contribution >= 0.6 is 11.6 Å². The molecule has 0 atom stereocenters. The Bertz CT molecular complexity index is 620. The number of benzene rings is 1. The van der Waals surface area contributed by atoms with Gasteiger partial charge in [0.2, 0.25) is 0 Å². The minimum absolute atomic E-state index is 0.135. The SMILES string of the molecule is CCOC(=O)c1cnn(-c2cccc(Cl)c2)c1C(C)C. The van der Waals surface area contributed by atoms with Crippen molar-refractivity contribution in [3.8, 4) is 5.69 Å². The molecule has 0 spiro atoms. The molecule has 2 rings (SSSR count). The quantitative estimate of drug-likeness (QED) is 0.805. The lowest BCUT2D eigenvalue weighted by atomic mass is 10.1. The van der Waals surface area contributed by atoms with E-state index in [4.69, 9.17) is 16.3 Å². The molecule has 0 N–H and O–H groups in total. The van der Waals surface area contributed by atoms with Crippen molar-refractivity contribution in [2.75, 3.05) is 6.61 Å². The van der Waals surface area contributed by atoms with Crippen molar-refractivity contribution < 1.29 is 9.53 Å². The van der Waals surface area contributed by atoms with Crippen molar-refractivity contribution in [3.63, 3.8) is 0 Å². The molecule has 20 heavy (non-hydrogen) atoms. The third kappa shape index (κ3) is 2.85. The average Bonchev–Trinajstić information content (AvgIpc) is 2.83. The highest BCUT2D eigenvalue weighted by Crippen LogP contribution is 2.24. The minimum atomic E-state index is -0.343. The van der Waals surface area contributed by atoms with Crippen molar-refractivity contribution in [1.82, 2.24) is 9.78 Å². The Kier molecular flexibility index (Phi) is 4.45. The number of hydrogen-bond donors (Lipinski definition) is 0. The molecule has 0 saturated heterocycles. The molecule has 0 aliphatic heterocycles. The van der Waals surface area contributed by atoms with E-state index in [0.29, 0.717) is 17.2 Å². The molecule has 0 fully saturated rings. The molecule has 1 aromatic heterocycles. The van der Waals surface area contributed by atoms with Gasteiger partial charge in [0.1, 0.15) is 5.56 Å². The standard InChI is InChI=1S/C15H17ClN2O2/c1-4-20-15(19)13-9-17-18(14(13)10(2)3)12-7-5-6-11(16)8-12/h5-10H,4H2,1-3H3. The number of carbonyl (C=O) groups is 1. The first-order chi connectivity index (χ1) is 9.54. The van der Waals surface area contributed by atoms with Gasteiger partial charge in [0.15, 0.2) is 0 Å². The Morgan fingerprint density at radius 3 is 2.80 bits per heavy atom. The van der Waals surface area contributed by atoms with Gasteiger partial charge < -0.3 is 4.74 Å². The monoisotopic (exact) mass is 292 g/mol. The second-order valence-electron chi connectivity index (χ2n) is 4.71. The molecule has 1 heterocycles. The molecule has 4 nitrogen and oxygen atoms in total. The molecule has 0 unspecified atom stereocenters. The van der Waals surface area contributed by atoms with E-state index in [2.05, 4.69) is 5.10 Å². The number of carbonyl (C=O) groups excluding carboxylic acids is 1. The van der Waals surface area contributed by atoms with E-state index >= 15 is 0 Å². The van der Waals surface area contributed by atoms with Gasteiger partial charge in [-0.05, 0) is 31.0 Å². The van der Waals surface area contributed by atoms with Gasteiger partial charge in [0.05, 0.1) is 24.2 Å². The zero-order valence-electron chi connectivity index (χ0n) is 11.8. The summed E-state index contributed by atoms with van der Waals surface area (Å²) in [5.74, 6) is -0.208. The van der Waals surface area contributed by atoms with Crippen LogP contribution in [0.2, 0.25) is 5.02 Å². The molecule has 0 saturated carbocycles. The lowest BCUT2D eigenvalue weighted by Gasteiger charge is -2.12. The third-order valence-electron chi connectivity index (χ3n) is 2.90. The molecule has 5 heteroatoms. The predicted octanol–water partition coefficient (Wildman–Crippen LogP) is 3.83. The molecule has 2 aromatic rings. The summed E-state index contributed by atoms with van der Waals surface area (Å²) in [7, 11) is 0. The number of esters is 1. The molecule has 106 valence electrons. The fraction of sp³-hybridized carbons (Fsp3) is 0.333. The molecule has 0 amide bonds. The van der Waals surface area contributed by atoms with E-state index in [0.717, 1.165) is 11.4 Å². The summed E-state index contributed by atoms with van der Waals surface area (Å²) in [6.45, 7) is 6.16. The summed E-state index contributed by atoms with van der Waals surface area (Å²) in [4.78, 5) is 12.0. The van der Waals surface area contributed by atoms with Crippen LogP contribution in [0.15, 0.2) is 30.5 Å². The van der Waals surface area contributed by atoms with E-state index in [1.165, 1.54) is 0 Å². The highest BCUT2D eigenvalue weighted by Gasteiger charge is 2.21. The molecule has 0 aliphatic carbocycles. The van der Waals surface area contributed by atoms with Crippen molar-refractivity contribution in [1.29, 1.82) is 0 Å². The highest BCUT2D eigenvalue weighted by molar-refractivity contribution is 6.30. The highest BCUT2D eigenvalue weighted by atomic mass is 35.5. The Balaban J connectivity index is 2.52. The first-order valence-corrected chi connectivity index (χ1v) is 6.93. The van der Waals surface area contributed by atoms with E-state index in [1.807, 2.05) is 32.0 Å². The van der Waals surface area contributed by atoms with Gasteiger partial charge in [-0.25, -0.2) is 9.48 Å². The van der Waals surface area contributed by atoms with Gasteiger partial charge in [0, 0.05) is 5.02 Å². The first-order valence-electron chi connectivity index (χ1n) is 6.55. The van der Waals surface area contributed by atoms with Crippen LogP contribution in [0.25, 0.3) is 5.69 Å². The first kappa shape index (κ1) is 14.6. The van der Waals surface area contributed by atoms with Crippen molar-refractivity contribution in [3.05, 3.63) is 46.7 Å². The van der Waals surface area contributed by atoms with E-state index in [9.17, 15) is 4.79 Å². The van der Waals surface area contributed by atoms with Gasteiger partial charge in [-0.3, -0.25) is 0 Å². The average molecular weight is 293 g/mol. The Labute approximate surface area is 123 Å². The summed E-state index contributed by atoms with van der Waals surface area (Å²) >= 11 is 6.01. The molecular weight excluding hydrogens is 276 g/mol. The summed E-state index contributed by atoms with van der Waals surface area (Å²) in [6, 6.07) is 7.37. The van der Waals surface area contributed by atoms with Gasteiger partial charge in [-0.2, -0.15) is 5.10 Å². The lowest BCUT2D eigenvalue weighted by molar-refractivity contribution is 0.0524. The van der Waals surface area contributed by atoms with Crippen LogP contribution in [0.4, 0.5) is 0 Å². The lowest BCUT2D eigenvalue weighted by Crippen LogP contribution is -2.11. The van der Waals surface area contributed by atoms with Crippen molar-refractivity contribution in [2.24, 2.45) is 0 Å². The van der Waals surface area contributed by atoms with Crippen LogP contribution in [0.3, 0.4) is 0 Å². The topological polar surface area (TPSA) is 44.1 Å². The number of aromatic nitrogens is 2. The van der Waals surface area contributed by atoms with E-state index < -0.39 is 0 Å². The minimum Gasteiger partial charge on any atom is -0.462 e. The Morgan fingerprint density at radius 1 is 1.45 bits per heavy atom. The maximum Gasteiger partial charge on any atom is 0.341 e. The summed E-state index contributed by atoms with van der Waals surface area (Å²) in [6.07, 6.45) is 1.55. The van der Waals surface area contributed by atoms with Crippen LogP contribution in [0, 0.1) is 0 Å². The second-order valence-corrected chi connectivity index (χ2v) is 5.15. The van der Waals surface area contributed by atoms with Gasteiger partial charge in [-0.15, -0.1) is 0 Å². The van der Waals surface area contributed by atoms with Crippen LogP contribution in [-0.2, 0) is 4.74 Å². The zero-order chi connectivity index (χ0) is 14.7.